The number of hydrogen-bond acceptors (Lipinski definition) is 6. The van der Waals surface area contributed by atoms with Crippen LogP contribution in [0.1, 0.15) is 90.9 Å². The molecule has 0 N–H and O–H groups in total. The molecule has 11 rings (SSSR count). The second-order valence-corrected chi connectivity index (χ2v) is 20.0. The molecule has 8 bridgehead atoms. The van der Waals surface area contributed by atoms with Crippen LogP contribution in [0.2, 0.25) is 0 Å². The van der Waals surface area contributed by atoms with Crippen LogP contribution < -0.4 is 18.9 Å². The van der Waals surface area contributed by atoms with Crippen LogP contribution in [0.15, 0.2) is 81.4 Å². The van der Waals surface area contributed by atoms with Gasteiger partial charge in [-0.15, -0.1) is 0 Å². The van der Waals surface area contributed by atoms with Gasteiger partial charge in [-0.1, -0.05) is 44.2 Å². The van der Waals surface area contributed by atoms with E-state index in [9.17, 15) is 9.59 Å². The quantitative estimate of drug-likeness (QED) is 0.111. The smallest absolute Gasteiger partial charge is 0.311 e. The maximum atomic E-state index is 13.9. The highest BCUT2D eigenvalue weighted by molar-refractivity contribution is 7.97. The average molecular weight is 736 g/mol. The van der Waals surface area contributed by atoms with Crippen LogP contribution in [-0.4, -0.2) is 26.2 Å². The number of benzene rings is 3. The minimum absolute atomic E-state index is 0.0456. The average Bonchev–Trinajstić information content (AvgIpc) is 3.13. The van der Waals surface area contributed by atoms with Gasteiger partial charge in [-0.3, -0.25) is 9.59 Å². The first-order valence-corrected chi connectivity index (χ1v) is 21.4. The van der Waals surface area contributed by atoms with Crippen molar-refractivity contribution in [1.82, 2.24) is 0 Å². The van der Waals surface area contributed by atoms with Crippen molar-refractivity contribution in [3.8, 4) is 23.0 Å². The van der Waals surface area contributed by atoms with E-state index in [0.717, 1.165) is 75.9 Å². The summed E-state index contributed by atoms with van der Waals surface area (Å²) in [6, 6.07) is 21.9. The lowest BCUT2D eigenvalue weighted by molar-refractivity contribution is -0.151. The van der Waals surface area contributed by atoms with Gasteiger partial charge in [0.1, 0.15) is 10.9 Å². The zero-order valence-electron chi connectivity index (χ0n) is 31.8. The summed E-state index contributed by atoms with van der Waals surface area (Å²) in [5, 5.41) is 0. The fourth-order valence-electron chi connectivity index (χ4n) is 13.2. The summed E-state index contributed by atoms with van der Waals surface area (Å²) < 4.78 is 24.8. The monoisotopic (exact) mass is 735 g/mol. The number of ether oxygens (including phenoxy) is 4. The van der Waals surface area contributed by atoms with Gasteiger partial charge in [0.15, 0.2) is 16.4 Å². The second kappa shape index (κ2) is 13.7. The first-order valence-electron chi connectivity index (χ1n) is 20.2. The van der Waals surface area contributed by atoms with E-state index in [2.05, 4.69) is 26.0 Å². The molecule has 3 aromatic rings. The molecule has 0 aromatic heterocycles. The van der Waals surface area contributed by atoms with E-state index in [1.165, 1.54) is 38.5 Å². The molecular formula is C46H55O6S+. The molecule has 7 heteroatoms. The summed E-state index contributed by atoms with van der Waals surface area (Å²) >= 11 is 0. The van der Waals surface area contributed by atoms with Gasteiger partial charge in [0, 0.05) is 0 Å². The zero-order chi connectivity index (χ0) is 36.5. The van der Waals surface area contributed by atoms with Crippen molar-refractivity contribution in [3.63, 3.8) is 0 Å². The van der Waals surface area contributed by atoms with Crippen molar-refractivity contribution < 1.29 is 28.5 Å². The lowest BCUT2D eigenvalue weighted by Gasteiger charge is -2.60. The molecule has 53 heavy (non-hydrogen) atoms. The first-order chi connectivity index (χ1) is 25.7. The molecular weight excluding hydrogens is 681 g/mol. The maximum Gasteiger partial charge on any atom is 0.311 e. The van der Waals surface area contributed by atoms with E-state index in [4.69, 9.17) is 18.9 Å². The molecule has 0 aliphatic heterocycles. The van der Waals surface area contributed by atoms with Crippen LogP contribution in [0.25, 0.3) is 0 Å². The Hall–Kier alpha value is -3.45. The summed E-state index contributed by atoms with van der Waals surface area (Å²) in [6.45, 7) is 4.76. The fourth-order valence-corrected chi connectivity index (χ4v) is 15.6. The van der Waals surface area contributed by atoms with Gasteiger partial charge >= 0.3 is 11.9 Å². The Labute approximate surface area is 318 Å². The van der Waals surface area contributed by atoms with E-state index < -0.39 is 10.9 Å². The highest BCUT2D eigenvalue weighted by atomic mass is 32.2. The highest BCUT2D eigenvalue weighted by Crippen LogP contribution is 2.65. The Kier molecular flexibility index (Phi) is 9.11. The largest absolute Gasteiger partial charge is 0.489 e. The molecule has 6 unspecified atom stereocenters. The van der Waals surface area contributed by atoms with Crippen LogP contribution in [0.3, 0.4) is 0 Å². The predicted octanol–water partition coefficient (Wildman–Crippen LogP) is 10.3. The van der Waals surface area contributed by atoms with E-state index in [1.54, 1.807) is 14.2 Å². The van der Waals surface area contributed by atoms with Crippen molar-refractivity contribution in [1.29, 1.82) is 0 Å². The van der Waals surface area contributed by atoms with Crippen LogP contribution in [0, 0.1) is 58.2 Å². The van der Waals surface area contributed by atoms with Gasteiger partial charge in [-0.25, -0.2) is 0 Å². The van der Waals surface area contributed by atoms with Crippen LogP contribution in [0.5, 0.6) is 23.0 Å². The normalized spacial score (nSPS) is 35.2. The molecule has 0 spiro atoms. The maximum absolute atomic E-state index is 13.9. The molecule has 0 amide bonds. The number of hydrogen-bond donors (Lipinski definition) is 0. The lowest BCUT2D eigenvalue weighted by atomic mass is 9.45. The number of methoxy groups -OCH3 is 2. The van der Waals surface area contributed by atoms with Gasteiger partial charge in [0.2, 0.25) is 21.3 Å². The minimum Gasteiger partial charge on any atom is -0.489 e. The molecule has 3 aromatic carbocycles. The predicted molar refractivity (Wildman–Crippen MR) is 205 cm³/mol. The van der Waals surface area contributed by atoms with Gasteiger partial charge in [0.25, 0.3) is 0 Å². The van der Waals surface area contributed by atoms with Crippen molar-refractivity contribution in [2.24, 2.45) is 58.2 Å². The van der Waals surface area contributed by atoms with Gasteiger partial charge in [-0.05, 0) is 159 Å². The van der Waals surface area contributed by atoms with E-state index in [1.807, 2.05) is 54.6 Å². The Bertz CT molecular complexity index is 1730. The number of rotatable bonds is 11. The summed E-state index contributed by atoms with van der Waals surface area (Å²) in [6.07, 6.45) is 13.5. The SMILES string of the molecule is COc1c(OC(=O)CC23CC4CC(CC(C4)C2C)C3)cccc1[S+](c1ccccc1)c1cccc(OC(=O)CC23CC4CC(CC(C4)C2C)C3)c1OC. The molecule has 8 saturated carbocycles. The van der Waals surface area contributed by atoms with E-state index in [0.29, 0.717) is 47.7 Å². The molecule has 6 atom stereocenters. The molecule has 0 radical (unpaired) electrons. The Morgan fingerprint density at radius 3 is 1.40 bits per heavy atom. The third-order valence-electron chi connectivity index (χ3n) is 15.2. The second-order valence-electron chi connectivity index (χ2n) is 18.0. The van der Waals surface area contributed by atoms with Crippen molar-refractivity contribution in [2.45, 2.75) is 106 Å². The molecule has 0 heterocycles. The van der Waals surface area contributed by atoms with Gasteiger partial charge < -0.3 is 18.9 Å². The first kappa shape index (κ1) is 35.3. The fraction of sp³-hybridized carbons (Fsp3) is 0.565. The zero-order valence-corrected chi connectivity index (χ0v) is 32.6. The van der Waals surface area contributed by atoms with Crippen LogP contribution in [0.4, 0.5) is 0 Å². The Morgan fingerprint density at radius 2 is 1.00 bits per heavy atom. The lowest BCUT2D eigenvalue weighted by Crippen LogP contribution is -2.52. The summed E-state index contributed by atoms with van der Waals surface area (Å²) in [5.74, 6) is 7.20. The molecule has 8 aliphatic carbocycles. The third kappa shape index (κ3) is 6.17. The standard InChI is InChI=1S/C46H55O6S/c1-28-34-18-30-16-31(19-34)23-45(28,22-30)26-41(47)51-37-12-8-14-39(43(37)49-3)53(36-10-6-5-7-11-36)40-15-9-13-38(44(40)50-4)52-42(48)27-46-24-32-17-33(25-46)21-35(20-32)29(46)2/h5-15,28-35H,16-27H2,1-4H3/q+1. The number of carbonyl (C=O) groups excluding carboxylic acids is 2. The number of carbonyl (C=O) groups is 2. The number of esters is 2. The third-order valence-corrected chi connectivity index (χ3v) is 17.4. The molecule has 0 saturated heterocycles. The van der Waals surface area contributed by atoms with E-state index in [-0.39, 0.29) is 22.8 Å². The minimum atomic E-state index is -0.753. The molecule has 280 valence electrons. The van der Waals surface area contributed by atoms with E-state index >= 15 is 0 Å². The van der Waals surface area contributed by atoms with Crippen molar-refractivity contribution in [3.05, 3.63) is 66.7 Å². The Balaban J connectivity index is 1.01. The highest BCUT2D eigenvalue weighted by Gasteiger charge is 2.57. The summed E-state index contributed by atoms with van der Waals surface area (Å²) in [7, 11) is 2.53. The van der Waals surface area contributed by atoms with Crippen LogP contribution in [-0.2, 0) is 20.5 Å². The van der Waals surface area contributed by atoms with Gasteiger partial charge in [-0.2, -0.15) is 0 Å². The number of para-hydroxylation sites is 2. The Morgan fingerprint density at radius 1 is 0.585 bits per heavy atom. The molecule has 8 fully saturated rings. The topological polar surface area (TPSA) is 71.1 Å². The van der Waals surface area contributed by atoms with Crippen LogP contribution >= 0.6 is 0 Å². The van der Waals surface area contributed by atoms with Gasteiger partial charge in [0.05, 0.1) is 27.1 Å². The van der Waals surface area contributed by atoms with Crippen molar-refractivity contribution >= 4 is 22.8 Å². The van der Waals surface area contributed by atoms with Crippen molar-refractivity contribution in [2.75, 3.05) is 14.2 Å². The molecule has 6 nitrogen and oxygen atoms in total. The molecule has 8 aliphatic rings. The summed E-state index contributed by atoms with van der Waals surface area (Å²) in [4.78, 5) is 30.6. The summed E-state index contributed by atoms with van der Waals surface area (Å²) in [5.41, 5.74) is 0.0912.